The van der Waals surface area contributed by atoms with E-state index >= 15 is 0 Å². The summed E-state index contributed by atoms with van der Waals surface area (Å²) in [6.45, 7) is 0.263. The van der Waals surface area contributed by atoms with Crippen LogP contribution in [0.4, 0.5) is 0 Å². The van der Waals surface area contributed by atoms with Crippen molar-refractivity contribution in [1.82, 2.24) is 9.88 Å². The standard InChI is InChI=1S/C40H38N2O11/c1-24(30(28-15-16-34-35(18-28)51-23-50-34)9-6-12-36-41-32-10-4-5-11-33(32)53-36)42(20-25-13-14-26-7-2-3-8-27(26)17-25)39(48)38(47)31(19-37(45)46)40(49)52-29(21-43)22-44/h2-8,10-18,24,29-30,43-44,47H,9,19-23H2,1H3,(H,45,46)/t24-,30+/m1/s1. The van der Waals surface area contributed by atoms with Crippen molar-refractivity contribution < 1.29 is 53.4 Å². The molecule has 4 aromatic carbocycles. The number of carboxylic acids is 1. The number of carboxylic acid groups (broad SMARTS) is 1. The first-order valence-corrected chi connectivity index (χ1v) is 16.9. The fourth-order valence-corrected chi connectivity index (χ4v) is 6.21. The van der Waals surface area contributed by atoms with E-state index in [0.717, 1.165) is 16.3 Å². The molecule has 0 bridgehead atoms. The van der Waals surface area contributed by atoms with E-state index in [1.54, 1.807) is 19.1 Å². The molecule has 1 aromatic heterocycles. The molecule has 0 saturated heterocycles. The molecule has 2 atom stereocenters. The Morgan fingerprint density at radius 2 is 1.64 bits per heavy atom. The molecule has 6 rings (SSSR count). The van der Waals surface area contributed by atoms with Crippen molar-refractivity contribution in [2.45, 2.75) is 44.4 Å². The van der Waals surface area contributed by atoms with Crippen LogP contribution in [0.2, 0.25) is 0 Å². The van der Waals surface area contributed by atoms with Crippen molar-refractivity contribution in [2.75, 3.05) is 20.0 Å². The number of carbonyl (C=O) groups is 3. The summed E-state index contributed by atoms with van der Waals surface area (Å²) in [6, 6.07) is 25.4. The number of amides is 1. The number of rotatable bonds is 15. The zero-order valence-corrected chi connectivity index (χ0v) is 28.8. The highest BCUT2D eigenvalue weighted by Gasteiger charge is 2.34. The molecule has 5 aromatic rings. The molecule has 0 radical (unpaired) electrons. The monoisotopic (exact) mass is 722 g/mol. The lowest BCUT2D eigenvalue weighted by Gasteiger charge is -2.35. The van der Waals surface area contributed by atoms with Gasteiger partial charge in [-0.2, -0.15) is 0 Å². The number of aliphatic carboxylic acids is 1. The molecule has 13 heteroatoms. The third-order valence-electron chi connectivity index (χ3n) is 9.03. The van der Waals surface area contributed by atoms with E-state index in [-0.39, 0.29) is 13.3 Å². The molecule has 0 saturated carbocycles. The Balaban J connectivity index is 1.41. The van der Waals surface area contributed by atoms with Crippen LogP contribution in [0, 0.1) is 0 Å². The zero-order valence-electron chi connectivity index (χ0n) is 28.8. The fraction of sp³-hybridized carbons (Fsp3) is 0.250. The van der Waals surface area contributed by atoms with E-state index in [0.29, 0.717) is 40.5 Å². The minimum absolute atomic E-state index is 0.0455. The van der Waals surface area contributed by atoms with Gasteiger partial charge < -0.3 is 44.0 Å². The van der Waals surface area contributed by atoms with Gasteiger partial charge in [0, 0.05) is 18.5 Å². The van der Waals surface area contributed by atoms with Crippen molar-refractivity contribution in [2.24, 2.45) is 0 Å². The van der Waals surface area contributed by atoms with Gasteiger partial charge >= 0.3 is 11.9 Å². The summed E-state index contributed by atoms with van der Waals surface area (Å²) in [4.78, 5) is 45.3. The van der Waals surface area contributed by atoms with Gasteiger partial charge in [0.05, 0.1) is 25.2 Å². The third kappa shape index (κ3) is 8.49. The number of aliphatic hydroxyl groups excluding tert-OH is 3. The number of benzene rings is 4. The van der Waals surface area contributed by atoms with Crippen molar-refractivity contribution in [3.05, 3.63) is 119 Å². The van der Waals surface area contributed by atoms with Gasteiger partial charge in [-0.15, -0.1) is 0 Å². The molecule has 53 heavy (non-hydrogen) atoms. The molecule has 1 aliphatic rings. The molecule has 274 valence electrons. The molecule has 0 unspecified atom stereocenters. The summed E-state index contributed by atoms with van der Waals surface area (Å²) in [6.07, 6.45) is 1.48. The van der Waals surface area contributed by atoms with Crippen LogP contribution in [0.15, 0.2) is 107 Å². The van der Waals surface area contributed by atoms with Crippen molar-refractivity contribution in [3.63, 3.8) is 0 Å². The Kier molecular flexibility index (Phi) is 11.4. The van der Waals surface area contributed by atoms with Crippen molar-refractivity contribution in [1.29, 1.82) is 0 Å². The largest absolute Gasteiger partial charge is 0.503 e. The first-order valence-electron chi connectivity index (χ1n) is 16.9. The van der Waals surface area contributed by atoms with Crippen LogP contribution in [-0.4, -0.2) is 80.3 Å². The second-order valence-corrected chi connectivity index (χ2v) is 12.5. The van der Waals surface area contributed by atoms with Crippen molar-refractivity contribution in [3.8, 4) is 11.5 Å². The third-order valence-corrected chi connectivity index (χ3v) is 9.03. The molecule has 0 spiro atoms. The van der Waals surface area contributed by atoms with Gasteiger partial charge in [0.2, 0.25) is 12.7 Å². The second-order valence-electron chi connectivity index (χ2n) is 12.5. The summed E-state index contributed by atoms with van der Waals surface area (Å²) >= 11 is 0. The molecule has 13 nitrogen and oxygen atoms in total. The normalized spacial score (nSPS) is 14.0. The number of hydrogen-bond acceptors (Lipinski definition) is 11. The van der Waals surface area contributed by atoms with Gasteiger partial charge in [-0.05, 0) is 71.7 Å². The first kappa shape index (κ1) is 36.6. The fourth-order valence-electron chi connectivity index (χ4n) is 6.21. The van der Waals surface area contributed by atoms with Crippen LogP contribution in [0.1, 0.15) is 42.7 Å². The van der Waals surface area contributed by atoms with E-state index in [2.05, 4.69) is 4.98 Å². The molecule has 1 amide bonds. The van der Waals surface area contributed by atoms with Crippen LogP contribution >= 0.6 is 0 Å². The van der Waals surface area contributed by atoms with Crippen molar-refractivity contribution >= 4 is 45.8 Å². The molecular weight excluding hydrogens is 684 g/mol. The number of oxazole rings is 1. The maximum absolute atomic E-state index is 14.5. The number of hydrogen-bond donors (Lipinski definition) is 4. The average molecular weight is 723 g/mol. The van der Waals surface area contributed by atoms with E-state index in [9.17, 15) is 34.8 Å². The van der Waals surface area contributed by atoms with E-state index in [1.807, 2.05) is 84.9 Å². The first-order chi connectivity index (χ1) is 25.6. The molecule has 0 fully saturated rings. The maximum Gasteiger partial charge on any atom is 0.339 e. The number of aliphatic hydroxyl groups is 3. The van der Waals surface area contributed by atoms with Crippen LogP contribution in [0.25, 0.3) is 27.9 Å². The summed E-state index contributed by atoms with van der Waals surface area (Å²) in [5.41, 5.74) is 1.96. The summed E-state index contributed by atoms with van der Waals surface area (Å²) in [5, 5.41) is 41.8. The van der Waals surface area contributed by atoms with Gasteiger partial charge in [-0.3, -0.25) is 9.59 Å². The topological polar surface area (TPSA) is 189 Å². The lowest BCUT2D eigenvalue weighted by molar-refractivity contribution is -0.151. The maximum atomic E-state index is 14.5. The lowest BCUT2D eigenvalue weighted by atomic mass is 9.87. The zero-order chi connectivity index (χ0) is 37.5. The van der Waals surface area contributed by atoms with Gasteiger partial charge in [0.25, 0.3) is 5.91 Å². The Labute approximate surface area is 304 Å². The van der Waals surface area contributed by atoms with Gasteiger partial charge in [-0.25, -0.2) is 9.78 Å². The Hall–Kier alpha value is -6.18. The predicted molar refractivity (Wildman–Crippen MR) is 193 cm³/mol. The number of fused-ring (bicyclic) bond motifs is 3. The smallest absolute Gasteiger partial charge is 0.339 e. The van der Waals surface area contributed by atoms with Crippen LogP contribution in [0.3, 0.4) is 0 Å². The average Bonchev–Trinajstić information content (AvgIpc) is 3.82. The van der Waals surface area contributed by atoms with Gasteiger partial charge in [0.1, 0.15) is 11.6 Å². The Bertz CT molecular complexity index is 2150. The van der Waals surface area contributed by atoms with Gasteiger partial charge in [-0.1, -0.05) is 60.7 Å². The molecule has 2 heterocycles. The number of allylic oxidation sites excluding steroid dienone is 1. The summed E-state index contributed by atoms with van der Waals surface area (Å²) in [7, 11) is 0. The molecule has 1 aliphatic heterocycles. The second kappa shape index (κ2) is 16.4. The number of nitrogens with zero attached hydrogens (tertiary/aromatic N) is 2. The SMILES string of the molecule is C[C@H]([C@H](CC=Cc1nc2ccccc2o1)c1ccc2c(c1)OCO2)N(Cc1ccc2ccccc2c1)C(=O)C(O)=C(CC(=O)O)C(=O)OC(CO)CO. The van der Waals surface area contributed by atoms with Gasteiger partial charge in [0.15, 0.2) is 22.8 Å². The number of ether oxygens (including phenoxy) is 3. The minimum atomic E-state index is -1.52. The highest BCUT2D eigenvalue weighted by atomic mass is 16.7. The van der Waals surface area contributed by atoms with E-state index < -0.39 is 66.9 Å². The van der Waals surface area contributed by atoms with Crippen LogP contribution in [-0.2, 0) is 25.7 Å². The lowest BCUT2D eigenvalue weighted by Crippen LogP contribution is -2.43. The Morgan fingerprint density at radius 1 is 0.906 bits per heavy atom. The number of esters is 1. The van der Waals surface area contributed by atoms with Crippen LogP contribution in [0.5, 0.6) is 11.5 Å². The highest BCUT2D eigenvalue weighted by Crippen LogP contribution is 2.38. The summed E-state index contributed by atoms with van der Waals surface area (Å²) < 4.78 is 22.1. The summed E-state index contributed by atoms with van der Waals surface area (Å²) in [5.74, 6) is -4.04. The quantitative estimate of drug-likeness (QED) is 0.0605. The van der Waals surface area contributed by atoms with Crippen LogP contribution < -0.4 is 9.47 Å². The molecular formula is C40H38N2O11. The van der Waals surface area contributed by atoms with E-state index in [1.165, 1.54) is 4.90 Å². The number of para-hydroxylation sites is 2. The number of aromatic nitrogens is 1. The Morgan fingerprint density at radius 3 is 2.40 bits per heavy atom. The molecule has 4 N–H and O–H groups in total. The van der Waals surface area contributed by atoms with E-state index in [4.69, 9.17) is 18.6 Å². The number of carbonyl (C=O) groups excluding carboxylic acids is 2. The molecule has 0 aliphatic carbocycles. The minimum Gasteiger partial charge on any atom is -0.503 e. The predicted octanol–water partition coefficient (Wildman–Crippen LogP) is 5.50. The highest BCUT2D eigenvalue weighted by molar-refractivity contribution is 6.03.